The number of rotatable bonds is 4. The van der Waals surface area contributed by atoms with Crippen LogP contribution in [0.5, 0.6) is 0 Å². The van der Waals surface area contributed by atoms with Gasteiger partial charge in [0.05, 0.1) is 9.77 Å². The molecule has 1 N–H and O–H groups in total. The standard InChI is InChI=1S/C13H21IN4O/c1-10(9-18-6-4-3-5-7-18)16-13(19)12-11(14)8-15-17(12)2/h8,10H,3-7,9H2,1-2H3,(H,16,19). The number of aryl methyl sites for hydroxylation is 1. The molecule has 2 rings (SSSR count). The zero-order chi connectivity index (χ0) is 13.8. The van der Waals surface area contributed by atoms with Crippen molar-refractivity contribution in [3.63, 3.8) is 0 Å². The summed E-state index contributed by atoms with van der Waals surface area (Å²) in [4.78, 5) is 14.6. The summed E-state index contributed by atoms with van der Waals surface area (Å²) in [5.41, 5.74) is 0.645. The maximum absolute atomic E-state index is 12.2. The van der Waals surface area contributed by atoms with Gasteiger partial charge in [-0.1, -0.05) is 6.42 Å². The minimum Gasteiger partial charge on any atom is -0.347 e. The van der Waals surface area contributed by atoms with Gasteiger partial charge in [-0.05, 0) is 55.4 Å². The molecule has 6 heteroatoms. The van der Waals surface area contributed by atoms with Crippen molar-refractivity contribution >= 4 is 28.5 Å². The first kappa shape index (κ1) is 14.8. The molecule has 1 aromatic rings. The van der Waals surface area contributed by atoms with Crippen LogP contribution in [0.1, 0.15) is 36.7 Å². The van der Waals surface area contributed by atoms with E-state index in [1.54, 1.807) is 17.9 Å². The van der Waals surface area contributed by atoms with E-state index in [0.29, 0.717) is 5.69 Å². The molecule has 1 aromatic heterocycles. The van der Waals surface area contributed by atoms with Gasteiger partial charge in [0.15, 0.2) is 0 Å². The first-order valence-corrected chi connectivity index (χ1v) is 7.86. The van der Waals surface area contributed by atoms with Gasteiger partial charge in [0, 0.05) is 19.6 Å². The topological polar surface area (TPSA) is 50.2 Å². The van der Waals surface area contributed by atoms with Crippen LogP contribution in [0.2, 0.25) is 0 Å². The van der Waals surface area contributed by atoms with Crippen molar-refractivity contribution in [3.05, 3.63) is 15.5 Å². The van der Waals surface area contributed by atoms with Crippen LogP contribution in [-0.2, 0) is 7.05 Å². The lowest BCUT2D eigenvalue weighted by molar-refractivity contribution is 0.0915. The van der Waals surface area contributed by atoms with Gasteiger partial charge in [0.25, 0.3) is 5.91 Å². The highest BCUT2D eigenvalue weighted by Crippen LogP contribution is 2.11. The molecule has 1 aliphatic heterocycles. The van der Waals surface area contributed by atoms with E-state index >= 15 is 0 Å². The summed E-state index contributed by atoms with van der Waals surface area (Å²) >= 11 is 2.14. The minimum atomic E-state index is -0.0334. The number of carbonyl (C=O) groups excluding carboxylic acids is 1. The molecule has 0 aliphatic carbocycles. The zero-order valence-electron chi connectivity index (χ0n) is 11.5. The van der Waals surface area contributed by atoms with E-state index in [1.165, 1.54) is 19.3 Å². The molecule has 1 fully saturated rings. The van der Waals surface area contributed by atoms with Crippen LogP contribution in [0, 0.1) is 3.57 Å². The molecule has 0 aromatic carbocycles. The summed E-state index contributed by atoms with van der Waals surface area (Å²) in [5.74, 6) is -0.0334. The van der Waals surface area contributed by atoms with Crippen molar-refractivity contribution in [2.45, 2.75) is 32.2 Å². The number of aromatic nitrogens is 2. The Hall–Kier alpha value is -0.630. The van der Waals surface area contributed by atoms with Gasteiger partial charge in [-0.15, -0.1) is 0 Å². The summed E-state index contributed by atoms with van der Waals surface area (Å²) < 4.78 is 2.52. The molecule has 0 radical (unpaired) electrons. The highest BCUT2D eigenvalue weighted by molar-refractivity contribution is 14.1. The molecule has 1 unspecified atom stereocenters. The molecule has 5 nitrogen and oxygen atoms in total. The molecule has 0 spiro atoms. The molecular weight excluding hydrogens is 355 g/mol. The van der Waals surface area contributed by atoms with Crippen LogP contribution < -0.4 is 5.32 Å². The third kappa shape index (κ3) is 3.92. The van der Waals surface area contributed by atoms with E-state index in [-0.39, 0.29) is 11.9 Å². The van der Waals surface area contributed by atoms with Gasteiger partial charge >= 0.3 is 0 Å². The number of halogens is 1. The van der Waals surface area contributed by atoms with Crippen LogP contribution in [0.25, 0.3) is 0 Å². The fourth-order valence-electron chi connectivity index (χ4n) is 2.53. The lowest BCUT2D eigenvalue weighted by Crippen LogP contribution is -2.44. The number of hydrogen-bond donors (Lipinski definition) is 1. The maximum atomic E-state index is 12.2. The summed E-state index contributed by atoms with van der Waals surface area (Å²) in [6, 6.07) is 0.163. The summed E-state index contributed by atoms with van der Waals surface area (Å²) in [6.45, 7) is 5.31. The predicted molar refractivity (Wildman–Crippen MR) is 83.1 cm³/mol. The summed E-state index contributed by atoms with van der Waals surface area (Å²) in [7, 11) is 1.80. The number of hydrogen-bond acceptors (Lipinski definition) is 3. The van der Waals surface area contributed by atoms with Gasteiger partial charge < -0.3 is 10.2 Å². The van der Waals surface area contributed by atoms with Crippen LogP contribution in [0.15, 0.2) is 6.20 Å². The smallest absolute Gasteiger partial charge is 0.270 e. The molecule has 0 bridgehead atoms. The van der Waals surface area contributed by atoms with Crippen molar-refractivity contribution in [2.24, 2.45) is 7.05 Å². The van der Waals surface area contributed by atoms with E-state index < -0.39 is 0 Å². The molecule has 1 saturated heterocycles. The molecule has 0 saturated carbocycles. The first-order valence-electron chi connectivity index (χ1n) is 6.78. The molecule has 1 amide bonds. The van der Waals surface area contributed by atoms with Crippen LogP contribution in [-0.4, -0.2) is 46.3 Å². The third-order valence-electron chi connectivity index (χ3n) is 3.47. The van der Waals surface area contributed by atoms with Gasteiger partial charge in [0.1, 0.15) is 5.69 Å². The fraction of sp³-hybridized carbons (Fsp3) is 0.692. The van der Waals surface area contributed by atoms with E-state index in [9.17, 15) is 4.79 Å². The normalized spacial score (nSPS) is 18.3. The van der Waals surface area contributed by atoms with Crippen molar-refractivity contribution in [1.82, 2.24) is 20.0 Å². The van der Waals surface area contributed by atoms with Crippen molar-refractivity contribution in [2.75, 3.05) is 19.6 Å². The van der Waals surface area contributed by atoms with Gasteiger partial charge in [-0.2, -0.15) is 5.10 Å². The zero-order valence-corrected chi connectivity index (χ0v) is 13.7. The Morgan fingerprint density at radius 1 is 1.47 bits per heavy atom. The van der Waals surface area contributed by atoms with E-state index in [0.717, 1.165) is 23.2 Å². The Morgan fingerprint density at radius 2 is 2.16 bits per heavy atom. The van der Waals surface area contributed by atoms with Crippen LogP contribution >= 0.6 is 22.6 Å². The summed E-state index contributed by atoms with van der Waals surface area (Å²) in [5, 5.41) is 7.16. The molecule has 2 heterocycles. The molecule has 1 aliphatic rings. The molecular formula is C13H21IN4O. The van der Waals surface area contributed by atoms with Crippen molar-refractivity contribution < 1.29 is 4.79 Å². The third-order valence-corrected chi connectivity index (χ3v) is 4.26. The number of amides is 1. The average molecular weight is 376 g/mol. The second-order valence-corrected chi connectivity index (χ2v) is 6.36. The summed E-state index contributed by atoms with van der Waals surface area (Å²) in [6.07, 6.45) is 5.61. The quantitative estimate of drug-likeness (QED) is 0.813. The van der Waals surface area contributed by atoms with Gasteiger partial charge in [-0.25, -0.2) is 0 Å². The second kappa shape index (κ2) is 6.69. The van der Waals surface area contributed by atoms with E-state index in [1.807, 2.05) is 0 Å². The Morgan fingerprint density at radius 3 is 2.74 bits per heavy atom. The average Bonchev–Trinajstić information content (AvgIpc) is 2.70. The van der Waals surface area contributed by atoms with E-state index in [4.69, 9.17) is 0 Å². The van der Waals surface area contributed by atoms with Crippen LogP contribution in [0.4, 0.5) is 0 Å². The molecule has 106 valence electrons. The number of carbonyl (C=O) groups is 1. The number of piperidine rings is 1. The highest BCUT2D eigenvalue weighted by Gasteiger charge is 2.19. The number of likely N-dealkylation sites (tertiary alicyclic amines) is 1. The maximum Gasteiger partial charge on any atom is 0.270 e. The minimum absolute atomic E-state index is 0.0334. The van der Waals surface area contributed by atoms with Gasteiger partial charge in [-0.3, -0.25) is 9.48 Å². The monoisotopic (exact) mass is 376 g/mol. The lowest BCUT2D eigenvalue weighted by atomic mass is 10.1. The Balaban J connectivity index is 1.88. The Kier molecular flexibility index (Phi) is 5.20. The van der Waals surface area contributed by atoms with Crippen molar-refractivity contribution in [1.29, 1.82) is 0 Å². The Bertz CT molecular complexity index is 420. The van der Waals surface area contributed by atoms with Crippen LogP contribution in [0.3, 0.4) is 0 Å². The number of nitrogens with one attached hydrogen (secondary N) is 1. The van der Waals surface area contributed by atoms with Crippen molar-refractivity contribution in [3.8, 4) is 0 Å². The second-order valence-electron chi connectivity index (χ2n) is 5.20. The number of nitrogens with zero attached hydrogens (tertiary/aromatic N) is 3. The molecule has 1 atom stereocenters. The largest absolute Gasteiger partial charge is 0.347 e. The molecule has 19 heavy (non-hydrogen) atoms. The SMILES string of the molecule is CC(CN1CCCCC1)NC(=O)c1c(I)cnn1C. The fourth-order valence-corrected chi connectivity index (χ4v) is 3.25. The predicted octanol–water partition coefficient (Wildman–Crippen LogP) is 1.63. The van der Waals surface area contributed by atoms with E-state index in [2.05, 4.69) is 44.8 Å². The first-order chi connectivity index (χ1) is 9.08. The Labute approximate surface area is 127 Å². The lowest BCUT2D eigenvalue weighted by Gasteiger charge is -2.29. The highest BCUT2D eigenvalue weighted by atomic mass is 127. The van der Waals surface area contributed by atoms with Gasteiger partial charge in [0.2, 0.25) is 0 Å².